The molecule has 3 heterocycles. The Morgan fingerprint density at radius 2 is 1.77 bits per heavy atom. The Balaban J connectivity index is 1.33. The first-order chi connectivity index (χ1) is 20.8. The van der Waals surface area contributed by atoms with Crippen LogP contribution in [-0.4, -0.2) is 65.3 Å². The number of carbonyl (C=O) groups excluding carboxylic acids is 2. The molecule has 1 unspecified atom stereocenters. The van der Waals surface area contributed by atoms with Gasteiger partial charge in [0.15, 0.2) is 11.5 Å². The van der Waals surface area contributed by atoms with Crippen LogP contribution in [0.4, 0.5) is 4.39 Å². The number of fused-ring (bicyclic) bond motifs is 1. The van der Waals surface area contributed by atoms with Gasteiger partial charge in [-0.1, -0.05) is 41.1 Å². The van der Waals surface area contributed by atoms with Crippen molar-refractivity contribution in [3.63, 3.8) is 0 Å². The van der Waals surface area contributed by atoms with E-state index in [4.69, 9.17) is 11.6 Å². The van der Waals surface area contributed by atoms with Crippen LogP contribution < -0.4 is 5.32 Å². The van der Waals surface area contributed by atoms with Gasteiger partial charge in [-0.15, -0.1) is 5.10 Å². The Morgan fingerprint density at radius 1 is 1.02 bits per heavy atom. The first kappa shape index (κ1) is 28.4. The molecule has 6 rings (SSSR count). The fourth-order valence-electron chi connectivity index (χ4n) is 5.94. The topological polar surface area (TPSA) is 143 Å². The maximum absolute atomic E-state index is 14.6. The Hall–Kier alpha value is -4.71. The molecule has 0 radical (unpaired) electrons. The lowest BCUT2D eigenvalue weighted by Crippen LogP contribution is -2.50. The lowest BCUT2D eigenvalue weighted by atomic mass is 9.84. The number of carbonyl (C=O) groups is 3. The Bertz CT molecular complexity index is 1690. The number of nitrogens with zero attached hydrogens (tertiary/aromatic N) is 6. The minimum Gasteiger partial charge on any atom is -0.481 e. The van der Waals surface area contributed by atoms with E-state index in [1.54, 1.807) is 18.5 Å². The molecule has 1 fully saturated rings. The van der Waals surface area contributed by atoms with E-state index in [-0.39, 0.29) is 34.9 Å². The number of carboxylic acid groups (broad SMARTS) is 1. The van der Waals surface area contributed by atoms with E-state index in [0.717, 1.165) is 21.4 Å². The van der Waals surface area contributed by atoms with E-state index >= 15 is 0 Å². The minimum atomic E-state index is -0.994. The van der Waals surface area contributed by atoms with Gasteiger partial charge in [0, 0.05) is 30.5 Å². The van der Waals surface area contributed by atoms with E-state index in [2.05, 4.69) is 25.6 Å². The highest BCUT2D eigenvalue weighted by Gasteiger charge is 2.39. The number of halogens is 2. The summed E-state index contributed by atoms with van der Waals surface area (Å²) in [7, 11) is 0. The highest BCUT2D eigenvalue weighted by molar-refractivity contribution is 6.30. The van der Waals surface area contributed by atoms with Gasteiger partial charge in [0.1, 0.15) is 18.1 Å². The standard InChI is InChI=1S/C30H27ClFN7O4/c31-23-5-2-6-25(26(23)32)39-15-24(36-37-39)29(41)38-12-11-21-20(18-13-33-16-34-14-18)3-1-4-22(21)27(38)28(40)35-19-9-7-17(8-10-19)30(42)43/h1-6,13-17,19,27H,7-12H2,(H,35,40)(H,42,43). The van der Waals surface area contributed by atoms with Crippen LogP contribution >= 0.6 is 11.6 Å². The maximum Gasteiger partial charge on any atom is 0.306 e. The van der Waals surface area contributed by atoms with Crippen LogP contribution in [0.5, 0.6) is 0 Å². The number of hydrogen-bond donors (Lipinski definition) is 2. The molecule has 43 heavy (non-hydrogen) atoms. The summed E-state index contributed by atoms with van der Waals surface area (Å²) in [5.74, 6) is -2.87. The minimum absolute atomic E-state index is 0.0315. The van der Waals surface area contributed by atoms with Crippen molar-refractivity contribution in [3.8, 4) is 16.8 Å². The molecule has 11 nitrogen and oxygen atoms in total. The van der Waals surface area contributed by atoms with Crippen molar-refractivity contribution in [2.75, 3.05) is 6.54 Å². The van der Waals surface area contributed by atoms with Gasteiger partial charge in [-0.25, -0.2) is 19.0 Å². The Morgan fingerprint density at radius 3 is 2.51 bits per heavy atom. The summed E-state index contributed by atoms with van der Waals surface area (Å²) < 4.78 is 15.8. The molecule has 13 heteroatoms. The normalized spacial score (nSPS) is 19.9. The number of benzene rings is 2. The molecule has 1 saturated carbocycles. The van der Waals surface area contributed by atoms with Crippen LogP contribution in [0.15, 0.2) is 61.3 Å². The van der Waals surface area contributed by atoms with Gasteiger partial charge in [-0.2, -0.15) is 0 Å². The van der Waals surface area contributed by atoms with E-state index in [0.29, 0.717) is 37.7 Å². The van der Waals surface area contributed by atoms with Crippen molar-refractivity contribution in [1.82, 2.24) is 35.2 Å². The van der Waals surface area contributed by atoms with Crippen LogP contribution in [0, 0.1) is 11.7 Å². The maximum atomic E-state index is 14.6. The Kier molecular flexibility index (Phi) is 7.85. The third-order valence-electron chi connectivity index (χ3n) is 8.12. The van der Waals surface area contributed by atoms with Crippen LogP contribution in [0.25, 0.3) is 16.8 Å². The highest BCUT2D eigenvalue weighted by atomic mass is 35.5. The molecule has 1 atom stereocenters. The van der Waals surface area contributed by atoms with Gasteiger partial charge < -0.3 is 15.3 Å². The molecule has 2 amide bonds. The zero-order valence-electron chi connectivity index (χ0n) is 22.9. The fraction of sp³-hybridized carbons (Fsp3) is 0.300. The average molecular weight is 604 g/mol. The van der Waals surface area contributed by atoms with Crippen LogP contribution in [-0.2, 0) is 16.0 Å². The third-order valence-corrected chi connectivity index (χ3v) is 8.41. The summed E-state index contributed by atoms with van der Waals surface area (Å²) in [6.45, 7) is 0.207. The van der Waals surface area contributed by atoms with Crippen molar-refractivity contribution < 1.29 is 23.9 Å². The third kappa shape index (κ3) is 5.57. The molecule has 2 aromatic carbocycles. The highest BCUT2D eigenvalue weighted by Crippen LogP contribution is 2.37. The summed E-state index contributed by atoms with van der Waals surface area (Å²) in [5.41, 5.74) is 3.19. The van der Waals surface area contributed by atoms with Gasteiger partial charge in [0.25, 0.3) is 5.91 Å². The summed E-state index contributed by atoms with van der Waals surface area (Å²) in [6, 6.07) is 8.80. The van der Waals surface area contributed by atoms with E-state index in [9.17, 15) is 23.9 Å². The number of nitrogens with one attached hydrogen (secondary N) is 1. The number of aromatic nitrogens is 5. The number of rotatable bonds is 6. The van der Waals surface area contributed by atoms with Crippen LogP contribution in [0.2, 0.25) is 5.02 Å². The number of hydrogen-bond acceptors (Lipinski definition) is 7. The quantitative estimate of drug-likeness (QED) is 0.336. The molecule has 0 bridgehead atoms. The van der Waals surface area contributed by atoms with Crippen molar-refractivity contribution in [3.05, 3.63) is 89.0 Å². The van der Waals surface area contributed by atoms with Gasteiger partial charge in [-0.05, 0) is 60.9 Å². The van der Waals surface area contributed by atoms with Crippen LogP contribution in [0.1, 0.15) is 53.3 Å². The van der Waals surface area contributed by atoms with E-state index in [1.165, 1.54) is 29.6 Å². The second kappa shape index (κ2) is 11.9. The second-order valence-electron chi connectivity index (χ2n) is 10.7. The lowest BCUT2D eigenvalue weighted by molar-refractivity contribution is -0.142. The van der Waals surface area contributed by atoms with E-state index in [1.807, 2.05) is 18.2 Å². The summed E-state index contributed by atoms with van der Waals surface area (Å²) in [6.07, 6.45) is 8.58. The molecule has 1 aliphatic heterocycles. The zero-order chi connectivity index (χ0) is 30.1. The fourth-order valence-corrected chi connectivity index (χ4v) is 6.11. The molecule has 4 aromatic rings. The number of aliphatic carboxylic acids is 1. The van der Waals surface area contributed by atoms with Gasteiger partial charge in [0.05, 0.1) is 17.1 Å². The SMILES string of the molecule is O=C(O)C1CCC(NC(=O)C2c3cccc(-c4cncnc4)c3CCN2C(=O)c2cn(-c3cccc(Cl)c3F)nn2)CC1. The van der Waals surface area contributed by atoms with E-state index < -0.39 is 29.7 Å². The molecule has 2 N–H and O–H groups in total. The van der Waals surface area contributed by atoms with Crippen molar-refractivity contribution in [2.45, 2.75) is 44.2 Å². The first-order valence-electron chi connectivity index (χ1n) is 13.9. The molecular weight excluding hydrogens is 577 g/mol. The number of amides is 2. The zero-order valence-corrected chi connectivity index (χ0v) is 23.6. The smallest absolute Gasteiger partial charge is 0.306 e. The molecule has 0 saturated heterocycles. The molecule has 220 valence electrons. The molecular formula is C30H27ClFN7O4. The molecule has 2 aliphatic rings. The van der Waals surface area contributed by atoms with Crippen molar-refractivity contribution >= 4 is 29.4 Å². The average Bonchev–Trinajstić information content (AvgIpc) is 3.52. The summed E-state index contributed by atoms with van der Waals surface area (Å²) in [4.78, 5) is 49.0. The monoisotopic (exact) mass is 603 g/mol. The summed E-state index contributed by atoms with van der Waals surface area (Å²) in [5, 5.41) is 20.3. The van der Waals surface area contributed by atoms with Gasteiger partial charge in [0.2, 0.25) is 5.91 Å². The predicted octanol–water partition coefficient (Wildman–Crippen LogP) is 4.02. The van der Waals surface area contributed by atoms with Gasteiger partial charge in [-0.3, -0.25) is 14.4 Å². The molecule has 1 aliphatic carbocycles. The lowest BCUT2D eigenvalue weighted by Gasteiger charge is -2.38. The number of carboxylic acids is 1. The summed E-state index contributed by atoms with van der Waals surface area (Å²) >= 11 is 5.92. The predicted molar refractivity (Wildman–Crippen MR) is 153 cm³/mol. The molecule has 2 aromatic heterocycles. The first-order valence-corrected chi connectivity index (χ1v) is 14.3. The van der Waals surface area contributed by atoms with Crippen molar-refractivity contribution in [2.24, 2.45) is 5.92 Å². The molecule has 0 spiro atoms. The largest absolute Gasteiger partial charge is 0.481 e. The van der Waals surface area contributed by atoms with Crippen molar-refractivity contribution in [1.29, 1.82) is 0 Å². The van der Waals surface area contributed by atoms with Gasteiger partial charge >= 0.3 is 5.97 Å². The second-order valence-corrected chi connectivity index (χ2v) is 11.1. The Labute approximate surface area is 250 Å². The van der Waals surface area contributed by atoms with Crippen LogP contribution in [0.3, 0.4) is 0 Å².